The van der Waals surface area contributed by atoms with Gasteiger partial charge in [0.15, 0.2) is 0 Å². The van der Waals surface area contributed by atoms with E-state index in [4.69, 9.17) is 0 Å². The Balaban J connectivity index is 1.35. The maximum absolute atomic E-state index is 10.7. The third-order valence-corrected chi connectivity index (χ3v) is 6.93. The van der Waals surface area contributed by atoms with Crippen LogP contribution in [0.1, 0.15) is 18.4 Å². The first-order chi connectivity index (χ1) is 13.2. The molecule has 1 aliphatic heterocycles. The molecular formula is C19H22N6OS. The summed E-state index contributed by atoms with van der Waals surface area (Å²) in [4.78, 5) is 19.8. The van der Waals surface area contributed by atoms with E-state index in [-0.39, 0.29) is 12.1 Å². The van der Waals surface area contributed by atoms with Crippen molar-refractivity contribution in [3.8, 4) is 0 Å². The number of aryl methyl sites for hydroxylation is 1. The van der Waals surface area contributed by atoms with Gasteiger partial charge in [-0.1, -0.05) is 0 Å². The van der Waals surface area contributed by atoms with Crippen LogP contribution in [0, 0.1) is 18.8 Å². The van der Waals surface area contributed by atoms with Gasteiger partial charge in [0.2, 0.25) is 0 Å². The third kappa shape index (κ3) is 3.02. The summed E-state index contributed by atoms with van der Waals surface area (Å²) < 4.78 is 1.17. The summed E-state index contributed by atoms with van der Waals surface area (Å²) in [5, 5.41) is 16.2. The van der Waals surface area contributed by atoms with E-state index in [2.05, 4.69) is 42.5 Å². The van der Waals surface area contributed by atoms with Crippen molar-refractivity contribution >= 4 is 33.2 Å². The second kappa shape index (κ2) is 6.69. The number of rotatable bonds is 3. The van der Waals surface area contributed by atoms with Gasteiger partial charge in [-0.15, -0.1) is 11.3 Å². The number of fused-ring (bicyclic) bond motifs is 2. The molecule has 0 spiro atoms. The molecule has 1 saturated carbocycles. The molecule has 3 aromatic heterocycles. The molecule has 0 unspecified atom stereocenters. The number of anilines is 2. The maximum atomic E-state index is 10.7. The SMILES string of the molecule is Cc1csc2c(N3C[C@H]4C[C@@H](Nc5cnccn5)[C@H](O)C[C@H]4C3)ncnc12. The fraction of sp³-hybridized carbons (Fsp3) is 0.474. The maximum Gasteiger partial charge on any atom is 0.150 e. The first-order valence-electron chi connectivity index (χ1n) is 9.33. The van der Waals surface area contributed by atoms with Crippen molar-refractivity contribution in [1.29, 1.82) is 0 Å². The van der Waals surface area contributed by atoms with E-state index in [1.807, 2.05) is 0 Å². The van der Waals surface area contributed by atoms with Crippen LogP contribution in [0.25, 0.3) is 10.2 Å². The van der Waals surface area contributed by atoms with Gasteiger partial charge in [0.25, 0.3) is 0 Å². The number of thiophene rings is 1. The second-order valence-electron chi connectivity index (χ2n) is 7.60. The molecule has 8 heteroatoms. The minimum Gasteiger partial charge on any atom is -0.391 e. The van der Waals surface area contributed by atoms with Crippen molar-refractivity contribution < 1.29 is 5.11 Å². The van der Waals surface area contributed by atoms with Gasteiger partial charge in [-0.3, -0.25) is 4.98 Å². The summed E-state index contributed by atoms with van der Waals surface area (Å²) in [6.07, 6.45) is 8.06. The average molecular weight is 382 g/mol. The van der Waals surface area contributed by atoms with Gasteiger partial charge in [0.05, 0.1) is 28.6 Å². The number of aliphatic hydroxyl groups excluding tert-OH is 1. The fourth-order valence-corrected chi connectivity index (χ4v) is 5.52. The molecule has 4 atom stereocenters. The Labute approximate surface area is 161 Å². The highest BCUT2D eigenvalue weighted by molar-refractivity contribution is 7.18. The van der Waals surface area contributed by atoms with E-state index in [1.54, 1.807) is 36.3 Å². The van der Waals surface area contributed by atoms with Crippen molar-refractivity contribution in [1.82, 2.24) is 19.9 Å². The molecular weight excluding hydrogens is 360 g/mol. The van der Waals surface area contributed by atoms with E-state index in [0.717, 1.165) is 43.1 Å². The van der Waals surface area contributed by atoms with Crippen LogP contribution in [-0.2, 0) is 0 Å². The molecule has 0 aromatic carbocycles. The summed E-state index contributed by atoms with van der Waals surface area (Å²) in [5.41, 5.74) is 2.26. The summed E-state index contributed by atoms with van der Waals surface area (Å²) in [5.74, 6) is 2.79. The van der Waals surface area contributed by atoms with Crippen LogP contribution in [0.3, 0.4) is 0 Å². The Hall–Kier alpha value is -2.32. The Bertz CT molecular complexity index is 948. The molecule has 0 radical (unpaired) electrons. The van der Waals surface area contributed by atoms with Crippen LogP contribution in [0.15, 0.2) is 30.3 Å². The summed E-state index contributed by atoms with van der Waals surface area (Å²) in [6, 6.07) is 0.0114. The molecule has 0 amide bonds. The number of aliphatic hydroxyl groups is 1. The van der Waals surface area contributed by atoms with Crippen molar-refractivity contribution in [3.63, 3.8) is 0 Å². The lowest BCUT2D eigenvalue weighted by Gasteiger charge is -2.35. The van der Waals surface area contributed by atoms with Gasteiger partial charge >= 0.3 is 0 Å². The lowest BCUT2D eigenvalue weighted by atomic mass is 9.77. The van der Waals surface area contributed by atoms with Gasteiger partial charge < -0.3 is 15.3 Å². The highest BCUT2D eigenvalue weighted by atomic mass is 32.1. The van der Waals surface area contributed by atoms with E-state index in [9.17, 15) is 5.11 Å². The van der Waals surface area contributed by atoms with Crippen LogP contribution >= 0.6 is 11.3 Å². The Morgan fingerprint density at radius 1 is 1.15 bits per heavy atom. The minimum atomic E-state index is -0.373. The molecule has 140 valence electrons. The molecule has 0 bridgehead atoms. The standard InChI is InChI=1S/C19H22N6OS/c1-11-9-27-18-17(11)22-10-23-19(18)25-7-12-4-14(15(26)5-13(12)8-25)24-16-6-20-2-3-21-16/h2-3,6,9-10,12-15,26H,4-5,7-8H2,1H3,(H,21,24)/t12-,13+,14-,15-/m1/s1. The van der Waals surface area contributed by atoms with Gasteiger partial charge in [-0.2, -0.15) is 0 Å². The van der Waals surface area contributed by atoms with Crippen LogP contribution in [0.2, 0.25) is 0 Å². The fourth-order valence-electron chi connectivity index (χ4n) is 4.50. The highest BCUT2D eigenvalue weighted by Crippen LogP contribution is 2.41. The molecule has 4 heterocycles. The number of aromatic nitrogens is 4. The van der Waals surface area contributed by atoms with Crippen LogP contribution in [-0.4, -0.2) is 50.3 Å². The molecule has 27 heavy (non-hydrogen) atoms. The highest BCUT2D eigenvalue weighted by Gasteiger charge is 2.42. The van der Waals surface area contributed by atoms with Crippen molar-refractivity contribution in [3.05, 3.63) is 35.9 Å². The zero-order chi connectivity index (χ0) is 18.4. The summed E-state index contributed by atoms with van der Waals surface area (Å²) in [6.45, 7) is 4.01. The van der Waals surface area contributed by atoms with Crippen LogP contribution in [0.4, 0.5) is 11.6 Å². The van der Waals surface area contributed by atoms with E-state index < -0.39 is 0 Å². The number of nitrogens with zero attached hydrogens (tertiary/aromatic N) is 5. The van der Waals surface area contributed by atoms with Gasteiger partial charge in [-0.05, 0) is 42.5 Å². The van der Waals surface area contributed by atoms with Crippen molar-refractivity contribution in [2.24, 2.45) is 11.8 Å². The first-order valence-corrected chi connectivity index (χ1v) is 10.2. The zero-order valence-electron chi connectivity index (χ0n) is 15.1. The zero-order valence-corrected chi connectivity index (χ0v) is 15.9. The normalized spacial score (nSPS) is 27.7. The number of nitrogens with one attached hydrogen (secondary N) is 1. The van der Waals surface area contributed by atoms with Crippen LogP contribution < -0.4 is 10.2 Å². The molecule has 2 N–H and O–H groups in total. The number of hydrogen-bond acceptors (Lipinski definition) is 8. The van der Waals surface area contributed by atoms with Crippen LogP contribution in [0.5, 0.6) is 0 Å². The van der Waals surface area contributed by atoms with Gasteiger partial charge in [0, 0.05) is 25.5 Å². The quantitative estimate of drug-likeness (QED) is 0.719. The molecule has 2 aliphatic rings. The first kappa shape index (κ1) is 16.8. The Morgan fingerprint density at radius 3 is 2.81 bits per heavy atom. The monoisotopic (exact) mass is 382 g/mol. The minimum absolute atomic E-state index is 0.0114. The van der Waals surface area contributed by atoms with Gasteiger partial charge in [0.1, 0.15) is 18.0 Å². The van der Waals surface area contributed by atoms with Crippen molar-refractivity contribution in [2.75, 3.05) is 23.3 Å². The predicted octanol–water partition coefficient (Wildman–Crippen LogP) is 2.48. The summed E-state index contributed by atoms with van der Waals surface area (Å²) >= 11 is 1.72. The van der Waals surface area contributed by atoms with E-state index in [1.165, 1.54) is 10.3 Å². The van der Waals surface area contributed by atoms with E-state index >= 15 is 0 Å². The van der Waals surface area contributed by atoms with Crippen molar-refractivity contribution in [2.45, 2.75) is 31.9 Å². The molecule has 1 aliphatic carbocycles. The largest absolute Gasteiger partial charge is 0.391 e. The lowest BCUT2D eigenvalue weighted by molar-refractivity contribution is 0.0737. The molecule has 5 rings (SSSR count). The second-order valence-corrected chi connectivity index (χ2v) is 8.48. The third-order valence-electron chi connectivity index (χ3n) is 5.85. The molecule has 2 fully saturated rings. The lowest BCUT2D eigenvalue weighted by Crippen LogP contribution is -2.43. The molecule has 3 aromatic rings. The summed E-state index contributed by atoms with van der Waals surface area (Å²) in [7, 11) is 0. The molecule has 1 saturated heterocycles. The van der Waals surface area contributed by atoms with Gasteiger partial charge in [-0.25, -0.2) is 15.0 Å². The number of hydrogen-bond donors (Lipinski definition) is 2. The molecule has 7 nitrogen and oxygen atoms in total. The predicted molar refractivity (Wildman–Crippen MR) is 106 cm³/mol. The van der Waals surface area contributed by atoms with E-state index in [0.29, 0.717) is 11.8 Å². The smallest absolute Gasteiger partial charge is 0.150 e. The topological polar surface area (TPSA) is 87.1 Å². The Morgan fingerprint density at radius 2 is 2.00 bits per heavy atom. The average Bonchev–Trinajstić information content (AvgIpc) is 3.26. The Kier molecular flexibility index (Phi) is 4.17.